The van der Waals surface area contributed by atoms with Crippen LogP contribution in [0.1, 0.15) is 57.8 Å². The number of ether oxygens (including phenoxy) is 1. The number of nitrogens with zero attached hydrogens (tertiary/aromatic N) is 1. The molecule has 0 aliphatic carbocycles. The van der Waals surface area contributed by atoms with Crippen LogP contribution in [-0.4, -0.2) is 17.4 Å². The van der Waals surface area contributed by atoms with Crippen LogP contribution in [-0.2, 0) is 6.54 Å². The summed E-state index contributed by atoms with van der Waals surface area (Å²) in [5, 5.41) is 0.497. The molecule has 172 valence electrons. The average molecular weight is 454 g/mol. The second-order valence-electron chi connectivity index (χ2n) is 8.91. The van der Waals surface area contributed by atoms with Gasteiger partial charge in [0.15, 0.2) is 5.43 Å². The van der Waals surface area contributed by atoms with E-state index in [9.17, 15) is 9.59 Å². The third-order valence-electron chi connectivity index (χ3n) is 6.26. The van der Waals surface area contributed by atoms with Crippen LogP contribution in [0.5, 0.6) is 5.75 Å². The summed E-state index contributed by atoms with van der Waals surface area (Å²) in [7, 11) is 0. The van der Waals surface area contributed by atoms with Gasteiger partial charge in [-0.2, -0.15) is 0 Å². The van der Waals surface area contributed by atoms with Crippen molar-refractivity contribution in [1.82, 2.24) is 4.90 Å². The Balaban J connectivity index is 1.65. The second-order valence-corrected chi connectivity index (χ2v) is 8.91. The second kappa shape index (κ2) is 8.82. The van der Waals surface area contributed by atoms with Gasteiger partial charge < -0.3 is 14.1 Å². The van der Waals surface area contributed by atoms with Gasteiger partial charge >= 0.3 is 0 Å². The van der Waals surface area contributed by atoms with Crippen LogP contribution < -0.4 is 10.2 Å². The van der Waals surface area contributed by atoms with E-state index >= 15 is 0 Å². The first-order chi connectivity index (χ1) is 16.5. The smallest absolute Gasteiger partial charge is 0.291 e. The predicted molar refractivity (Wildman–Crippen MR) is 132 cm³/mol. The van der Waals surface area contributed by atoms with E-state index in [0.29, 0.717) is 29.7 Å². The molecule has 5 nitrogen and oxygen atoms in total. The summed E-state index contributed by atoms with van der Waals surface area (Å²) in [5.41, 5.74) is 4.64. The maximum atomic E-state index is 13.7. The summed E-state index contributed by atoms with van der Waals surface area (Å²) < 4.78 is 11.8. The van der Waals surface area contributed by atoms with E-state index in [1.807, 2.05) is 74.5 Å². The van der Waals surface area contributed by atoms with Gasteiger partial charge in [-0.1, -0.05) is 60.5 Å². The molecule has 4 aromatic rings. The molecule has 0 saturated carbocycles. The van der Waals surface area contributed by atoms with E-state index in [1.54, 1.807) is 11.0 Å². The third kappa shape index (κ3) is 3.87. The van der Waals surface area contributed by atoms with Crippen LogP contribution in [0.3, 0.4) is 0 Å². The minimum absolute atomic E-state index is 0.129. The fraction of sp³-hybridized carbons (Fsp3) is 0.241. The standard InChI is InChI=1S/C29H27NO4/c1-4-15-33-22-12-10-21(11-13-22)26-25-27(31)23-16-19(3)7-14-24(23)34-28(25)29(32)30(26)17-20-8-5-18(2)6-9-20/h5-14,16,26H,4,15,17H2,1-3H3. The molecule has 0 N–H and O–H groups in total. The SMILES string of the molecule is CCCOc1ccc(C2c3c(oc4ccc(C)cc4c3=O)C(=O)N2Cc2ccc(C)cc2)cc1. The van der Waals surface area contributed by atoms with Crippen molar-refractivity contribution in [3.05, 3.63) is 111 Å². The van der Waals surface area contributed by atoms with E-state index in [-0.39, 0.29) is 17.1 Å². The molecule has 1 unspecified atom stereocenters. The topological polar surface area (TPSA) is 59.8 Å². The summed E-state index contributed by atoms with van der Waals surface area (Å²) in [5.74, 6) is 0.623. The molecule has 0 fully saturated rings. The molecule has 1 aromatic heterocycles. The molecular weight excluding hydrogens is 426 g/mol. The lowest BCUT2D eigenvalue weighted by Crippen LogP contribution is -2.29. The highest BCUT2D eigenvalue weighted by atomic mass is 16.5. The zero-order valence-corrected chi connectivity index (χ0v) is 19.6. The fourth-order valence-corrected chi connectivity index (χ4v) is 4.50. The Kier molecular flexibility index (Phi) is 5.70. The summed E-state index contributed by atoms with van der Waals surface area (Å²) in [4.78, 5) is 29.0. The summed E-state index contributed by atoms with van der Waals surface area (Å²) in [6.45, 7) is 7.04. The monoisotopic (exact) mass is 453 g/mol. The molecule has 0 spiro atoms. The lowest BCUT2D eigenvalue weighted by atomic mass is 9.97. The van der Waals surface area contributed by atoms with Crippen LogP contribution >= 0.6 is 0 Å². The number of amides is 1. The number of fused-ring (bicyclic) bond motifs is 2. The highest BCUT2D eigenvalue weighted by Crippen LogP contribution is 2.39. The van der Waals surface area contributed by atoms with Crippen molar-refractivity contribution in [3.63, 3.8) is 0 Å². The van der Waals surface area contributed by atoms with Gasteiger partial charge in [0.25, 0.3) is 5.91 Å². The van der Waals surface area contributed by atoms with Gasteiger partial charge in [-0.3, -0.25) is 9.59 Å². The Morgan fingerprint density at radius 2 is 1.62 bits per heavy atom. The summed E-state index contributed by atoms with van der Waals surface area (Å²) >= 11 is 0. The van der Waals surface area contributed by atoms with Crippen LogP contribution in [0, 0.1) is 13.8 Å². The van der Waals surface area contributed by atoms with Crippen molar-refractivity contribution in [2.45, 2.75) is 39.8 Å². The number of carbonyl (C=O) groups is 1. The largest absolute Gasteiger partial charge is 0.494 e. The zero-order valence-electron chi connectivity index (χ0n) is 19.6. The summed E-state index contributed by atoms with van der Waals surface area (Å²) in [6, 6.07) is 20.7. The molecule has 2 heterocycles. The number of rotatable bonds is 6. The van der Waals surface area contributed by atoms with Crippen molar-refractivity contribution >= 4 is 16.9 Å². The number of aryl methyl sites for hydroxylation is 2. The van der Waals surface area contributed by atoms with Gasteiger partial charge in [0.05, 0.1) is 23.6 Å². The zero-order chi connectivity index (χ0) is 23.8. The van der Waals surface area contributed by atoms with Gasteiger partial charge in [-0.25, -0.2) is 0 Å². The molecular formula is C29H27NO4. The Bertz CT molecular complexity index is 1420. The highest BCUT2D eigenvalue weighted by molar-refractivity contribution is 5.99. The maximum absolute atomic E-state index is 13.7. The van der Waals surface area contributed by atoms with E-state index in [2.05, 4.69) is 6.92 Å². The minimum atomic E-state index is -0.537. The van der Waals surface area contributed by atoms with E-state index in [1.165, 1.54) is 0 Å². The predicted octanol–water partition coefficient (Wildman–Crippen LogP) is 5.94. The van der Waals surface area contributed by atoms with Crippen LogP contribution in [0.25, 0.3) is 11.0 Å². The Morgan fingerprint density at radius 3 is 2.32 bits per heavy atom. The van der Waals surface area contributed by atoms with Crippen LogP contribution in [0.2, 0.25) is 0 Å². The number of carbonyl (C=O) groups excluding carboxylic acids is 1. The van der Waals surface area contributed by atoms with Crippen LogP contribution in [0.4, 0.5) is 0 Å². The number of benzene rings is 3. The molecule has 0 saturated heterocycles. The molecule has 34 heavy (non-hydrogen) atoms. The van der Waals surface area contributed by atoms with Crippen molar-refractivity contribution in [3.8, 4) is 5.75 Å². The lowest BCUT2D eigenvalue weighted by molar-refractivity contribution is 0.0714. The molecule has 1 amide bonds. The van der Waals surface area contributed by atoms with Gasteiger partial charge in [-0.05, 0) is 55.7 Å². The maximum Gasteiger partial charge on any atom is 0.291 e. The Morgan fingerprint density at radius 1 is 0.912 bits per heavy atom. The first-order valence-corrected chi connectivity index (χ1v) is 11.6. The highest BCUT2D eigenvalue weighted by Gasteiger charge is 2.42. The fourth-order valence-electron chi connectivity index (χ4n) is 4.50. The van der Waals surface area contributed by atoms with Crippen molar-refractivity contribution in [2.24, 2.45) is 0 Å². The first kappa shape index (κ1) is 22.0. The van der Waals surface area contributed by atoms with Crippen LogP contribution in [0.15, 0.2) is 75.9 Å². The van der Waals surface area contributed by atoms with Gasteiger partial charge in [0.1, 0.15) is 11.3 Å². The van der Waals surface area contributed by atoms with Gasteiger partial charge in [-0.15, -0.1) is 0 Å². The third-order valence-corrected chi connectivity index (χ3v) is 6.26. The Labute approximate surface area is 198 Å². The average Bonchev–Trinajstić information content (AvgIpc) is 3.11. The molecule has 3 aromatic carbocycles. The molecule has 1 aliphatic heterocycles. The van der Waals surface area contributed by atoms with Crippen molar-refractivity contribution < 1.29 is 13.9 Å². The van der Waals surface area contributed by atoms with E-state index in [4.69, 9.17) is 9.15 Å². The number of hydrogen-bond acceptors (Lipinski definition) is 4. The Hall–Kier alpha value is -3.86. The summed E-state index contributed by atoms with van der Waals surface area (Å²) in [6.07, 6.45) is 0.921. The molecule has 0 bridgehead atoms. The lowest BCUT2D eigenvalue weighted by Gasteiger charge is -2.25. The molecule has 5 heteroatoms. The van der Waals surface area contributed by atoms with E-state index in [0.717, 1.165) is 34.4 Å². The quantitative estimate of drug-likeness (QED) is 0.362. The first-order valence-electron chi connectivity index (χ1n) is 11.6. The van der Waals surface area contributed by atoms with E-state index < -0.39 is 6.04 Å². The molecule has 1 atom stereocenters. The van der Waals surface area contributed by atoms with Crippen molar-refractivity contribution in [1.29, 1.82) is 0 Å². The van der Waals surface area contributed by atoms with Crippen molar-refractivity contribution in [2.75, 3.05) is 6.61 Å². The molecule has 0 radical (unpaired) electrons. The molecule has 5 rings (SSSR count). The van der Waals surface area contributed by atoms with Gasteiger partial charge in [0.2, 0.25) is 5.76 Å². The normalized spacial score (nSPS) is 15.1. The minimum Gasteiger partial charge on any atom is -0.494 e. The van der Waals surface area contributed by atoms with Gasteiger partial charge in [0, 0.05) is 6.54 Å². The number of hydrogen-bond donors (Lipinski definition) is 0. The molecule has 1 aliphatic rings.